The number of hydrogen-bond donors (Lipinski definition) is 0. The molecule has 0 bridgehead atoms. The van der Waals surface area contributed by atoms with Gasteiger partial charge in [0, 0.05) is 25.7 Å². The van der Waals surface area contributed by atoms with Crippen LogP contribution >= 0.6 is 0 Å². The zero-order valence-electron chi connectivity index (χ0n) is 29.7. The van der Waals surface area contributed by atoms with Gasteiger partial charge in [-0.15, -0.1) is 0 Å². The van der Waals surface area contributed by atoms with Crippen LogP contribution in [0.2, 0.25) is 0 Å². The van der Waals surface area contributed by atoms with Crippen LogP contribution < -0.4 is 0 Å². The normalized spacial score (nSPS) is 34.0. The number of halogens is 1. The lowest BCUT2D eigenvalue weighted by molar-refractivity contribution is -0.411. The van der Waals surface area contributed by atoms with Crippen molar-refractivity contribution in [1.29, 1.82) is 0 Å². The summed E-state index contributed by atoms with van der Waals surface area (Å²) in [5.41, 5.74) is -2.77. The zero-order valence-corrected chi connectivity index (χ0v) is 29.7. The van der Waals surface area contributed by atoms with Gasteiger partial charge in [0.1, 0.15) is 5.67 Å². The minimum absolute atomic E-state index is 0.0286. The molecule has 0 aromatic carbocycles. The van der Waals surface area contributed by atoms with Gasteiger partial charge in [0.2, 0.25) is 5.79 Å². The van der Waals surface area contributed by atoms with Gasteiger partial charge in [-0.2, -0.15) is 0 Å². The topological polar surface area (TPSA) is 27.7 Å². The minimum atomic E-state index is -1.44. The van der Waals surface area contributed by atoms with E-state index in [1.165, 1.54) is 64.2 Å². The van der Waals surface area contributed by atoms with Crippen LogP contribution in [0.3, 0.4) is 0 Å². The van der Waals surface area contributed by atoms with Crippen molar-refractivity contribution in [2.24, 2.45) is 23.2 Å². The zero-order chi connectivity index (χ0) is 31.2. The summed E-state index contributed by atoms with van der Waals surface area (Å²) in [6.45, 7) is 12.4. The van der Waals surface area contributed by atoms with E-state index in [4.69, 9.17) is 14.2 Å². The monoisotopic (exact) mass is 609 g/mol. The first-order chi connectivity index (χ1) is 20.9. The molecule has 3 aliphatic carbocycles. The van der Waals surface area contributed by atoms with Gasteiger partial charge >= 0.3 is 0 Å². The van der Waals surface area contributed by atoms with Crippen molar-refractivity contribution in [3.63, 3.8) is 0 Å². The highest BCUT2D eigenvalue weighted by molar-refractivity contribution is 5.25. The van der Waals surface area contributed by atoms with E-state index >= 15 is 4.39 Å². The highest BCUT2D eigenvalue weighted by atomic mass is 19.1. The maximum absolute atomic E-state index is 19.1. The summed E-state index contributed by atoms with van der Waals surface area (Å²) in [6.07, 6.45) is 26.9. The molecule has 0 aliphatic heterocycles. The van der Waals surface area contributed by atoms with E-state index in [2.05, 4.69) is 34.6 Å². The number of alkyl halides is 1. The van der Waals surface area contributed by atoms with Crippen LogP contribution in [0.5, 0.6) is 0 Å². The first kappa shape index (κ1) is 37.3. The van der Waals surface area contributed by atoms with Gasteiger partial charge in [0.25, 0.3) is 0 Å². The maximum Gasteiger partial charge on any atom is 0.206 e. The first-order valence-electron chi connectivity index (χ1n) is 19.4. The molecule has 3 saturated carbocycles. The molecule has 3 aliphatic rings. The Morgan fingerprint density at radius 2 is 1.28 bits per heavy atom. The van der Waals surface area contributed by atoms with Crippen LogP contribution in [0.1, 0.15) is 189 Å². The Morgan fingerprint density at radius 1 is 0.651 bits per heavy atom. The number of methoxy groups -OCH3 is 1. The van der Waals surface area contributed by atoms with Gasteiger partial charge in [0.05, 0.1) is 0 Å². The summed E-state index contributed by atoms with van der Waals surface area (Å²) in [6, 6.07) is 0. The average Bonchev–Trinajstić information content (AvgIpc) is 3.88. The predicted octanol–water partition coefficient (Wildman–Crippen LogP) is 12.1. The number of unbranched alkanes of at least 4 members (excludes halogenated alkanes) is 9. The smallest absolute Gasteiger partial charge is 0.206 e. The van der Waals surface area contributed by atoms with Crippen molar-refractivity contribution >= 4 is 0 Å². The van der Waals surface area contributed by atoms with Crippen molar-refractivity contribution < 1.29 is 18.6 Å². The van der Waals surface area contributed by atoms with Crippen molar-refractivity contribution in [3.05, 3.63) is 0 Å². The first-order valence-corrected chi connectivity index (χ1v) is 19.4. The fourth-order valence-electron chi connectivity index (χ4n) is 10.0. The van der Waals surface area contributed by atoms with Crippen LogP contribution in [0.4, 0.5) is 4.39 Å². The summed E-state index contributed by atoms with van der Waals surface area (Å²) in [7, 11) is 1.86. The third kappa shape index (κ3) is 7.69. The molecule has 0 amide bonds. The average molecular weight is 609 g/mol. The van der Waals surface area contributed by atoms with Gasteiger partial charge in [0.15, 0.2) is 5.60 Å². The third-order valence-corrected chi connectivity index (χ3v) is 12.3. The molecule has 254 valence electrons. The molecular formula is C39H73FO3. The Kier molecular flexibility index (Phi) is 15.8. The quantitative estimate of drug-likeness (QED) is 0.0695. The molecule has 5 unspecified atom stereocenters. The molecule has 3 rings (SSSR count). The molecule has 3 nitrogen and oxygen atoms in total. The summed E-state index contributed by atoms with van der Waals surface area (Å²) in [5, 5.41) is 0. The largest absolute Gasteiger partial charge is 0.366 e. The molecule has 5 atom stereocenters. The van der Waals surface area contributed by atoms with E-state index in [9.17, 15) is 0 Å². The van der Waals surface area contributed by atoms with E-state index in [1.54, 1.807) is 0 Å². The van der Waals surface area contributed by atoms with Crippen LogP contribution in [0.15, 0.2) is 0 Å². The predicted molar refractivity (Wildman–Crippen MR) is 180 cm³/mol. The van der Waals surface area contributed by atoms with Gasteiger partial charge in [-0.3, -0.25) is 0 Å². The van der Waals surface area contributed by atoms with Gasteiger partial charge < -0.3 is 14.2 Å². The molecule has 4 heteroatoms. The second-order valence-corrected chi connectivity index (χ2v) is 14.8. The minimum Gasteiger partial charge on any atom is -0.366 e. The molecule has 0 spiro atoms. The molecule has 0 saturated heterocycles. The molecule has 0 aromatic rings. The number of hydrogen-bond acceptors (Lipinski definition) is 3. The lowest BCUT2D eigenvalue weighted by atomic mass is 9.55. The van der Waals surface area contributed by atoms with Gasteiger partial charge in [-0.1, -0.05) is 118 Å². The lowest BCUT2D eigenvalue weighted by Gasteiger charge is -2.63. The Morgan fingerprint density at radius 3 is 1.86 bits per heavy atom. The van der Waals surface area contributed by atoms with Crippen molar-refractivity contribution in [2.45, 2.75) is 206 Å². The second kappa shape index (κ2) is 18.2. The molecule has 0 heterocycles. The maximum atomic E-state index is 19.1. The van der Waals surface area contributed by atoms with Gasteiger partial charge in [-0.25, -0.2) is 4.39 Å². The van der Waals surface area contributed by atoms with E-state index in [0.29, 0.717) is 25.6 Å². The number of ether oxygens (including phenoxy) is 3. The summed E-state index contributed by atoms with van der Waals surface area (Å²) in [4.78, 5) is 0. The molecule has 43 heavy (non-hydrogen) atoms. The highest BCUT2D eigenvalue weighted by Gasteiger charge is 2.80. The summed E-state index contributed by atoms with van der Waals surface area (Å²) in [5.74, 6) is -0.510. The van der Waals surface area contributed by atoms with E-state index < -0.39 is 17.1 Å². The van der Waals surface area contributed by atoms with Crippen molar-refractivity contribution in [3.8, 4) is 0 Å². The molecule has 0 N–H and O–H groups in total. The summed E-state index contributed by atoms with van der Waals surface area (Å²) >= 11 is 0. The standard InChI is InChI=1S/C39H73FO3/c1-7-12-15-17-18-20-24-33-29-31-37(40,34-25-21-19-22-26-34)38(35-27-28-35,43-32-14-9-3)39(41-6,42-11-5)36(33,10-4)30-23-16-13-8-2/h33-35H,7-32H2,1-6H3. The molecule has 0 aromatic heterocycles. The highest BCUT2D eigenvalue weighted by Crippen LogP contribution is 2.70. The van der Waals surface area contributed by atoms with Crippen LogP contribution in [-0.4, -0.2) is 37.4 Å². The lowest BCUT2D eigenvalue weighted by Crippen LogP contribution is -2.77. The molecular weight excluding hydrogens is 535 g/mol. The Bertz CT molecular complexity index is 751. The fourth-order valence-corrected chi connectivity index (χ4v) is 10.0. The van der Waals surface area contributed by atoms with Gasteiger partial charge in [-0.05, 0) is 88.9 Å². The Balaban J connectivity index is 2.21. The van der Waals surface area contributed by atoms with Crippen LogP contribution in [-0.2, 0) is 14.2 Å². The Hall–Kier alpha value is -0.190. The van der Waals surface area contributed by atoms with Crippen molar-refractivity contribution in [2.75, 3.05) is 20.3 Å². The second-order valence-electron chi connectivity index (χ2n) is 14.8. The van der Waals surface area contributed by atoms with E-state index in [1.807, 2.05) is 7.11 Å². The van der Waals surface area contributed by atoms with E-state index in [0.717, 1.165) is 83.5 Å². The van der Waals surface area contributed by atoms with Crippen LogP contribution in [0.25, 0.3) is 0 Å². The van der Waals surface area contributed by atoms with E-state index in [-0.39, 0.29) is 17.3 Å². The Labute approximate surface area is 267 Å². The summed E-state index contributed by atoms with van der Waals surface area (Å²) < 4.78 is 40.6. The SMILES string of the molecule is CCCCCCCCC1CCC(F)(C2CCCCC2)C(OCCCC)(C2CC2)C(OC)(OCC)C1(CC)CCCCCC. The fraction of sp³-hybridized carbons (Fsp3) is 1.00. The molecule has 3 fully saturated rings. The van der Waals surface area contributed by atoms with Crippen LogP contribution in [0, 0.1) is 23.2 Å². The molecule has 0 radical (unpaired) electrons. The van der Waals surface area contributed by atoms with Crippen molar-refractivity contribution in [1.82, 2.24) is 0 Å². The third-order valence-electron chi connectivity index (χ3n) is 12.3. The number of rotatable bonds is 22.